The van der Waals surface area contributed by atoms with Gasteiger partial charge < -0.3 is 14.8 Å². The van der Waals surface area contributed by atoms with E-state index in [-0.39, 0.29) is 0 Å². The monoisotopic (exact) mass is 181 g/mol. The van der Waals surface area contributed by atoms with Crippen molar-refractivity contribution < 1.29 is 9.47 Å². The number of fused-ring (bicyclic) bond motifs is 1. The van der Waals surface area contributed by atoms with Gasteiger partial charge in [0.05, 0.1) is 19.8 Å². The van der Waals surface area contributed by atoms with E-state index in [0.29, 0.717) is 11.9 Å². The molecule has 5 nitrogen and oxygen atoms in total. The average Bonchev–Trinajstić information content (AvgIpc) is 2.63. The summed E-state index contributed by atoms with van der Waals surface area (Å²) in [6.45, 7) is 0.882. The molecular formula is C8H11N3O2. The standard InChI is InChI=1S/C8H11N3O2/c1-12-7-5-3-4-9-6(5)10-8(11-7)13-2/h3-4H2,1-2H3,(H,9,10,11). The molecule has 0 aromatic carbocycles. The van der Waals surface area contributed by atoms with Gasteiger partial charge in [-0.15, -0.1) is 0 Å². The summed E-state index contributed by atoms with van der Waals surface area (Å²) in [6.07, 6.45) is 0.905. The molecule has 5 heteroatoms. The predicted octanol–water partition coefficient (Wildman–Crippen LogP) is 0.462. The number of rotatable bonds is 2. The van der Waals surface area contributed by atoms with Crippen LogP contribution in [0.3, 0.4) is 0 Å². The number of hydrogen-bond donors (Lipinski definition) is 1. The molecule has 1 aromatic heterocycles. The molecule has 70 valence electrons. The van der Waals surface area contributed by atoms with Crippen LogP contribution in [-0.4, -0.2) is 30.7 Å². The Bertz CT molecular complexity index is 327. The first-order valence-corrected chi connectivity index (χ1v) is 4.08. The van der Waals surface area contributed by atoms with Crippen molar-refractivity contribution in [3.8, 4) is 11.9 Å². The van der Waals surface area contributed by atoms with Crippen LogP contribution in [0.2, 0.25) is 0 Å². The highest BCUT2D eigenvalue weighted by Gasteiger charge is 2.19. The Balaban J connectivity index is 2.49. The highest BCUT2D eigenvalue weighted by molar-refractivity contribution is 5.54. The van der Waals surface area contributed by atoms with Crippen LogP contribution in [0.15, 0.2) is 0 Å². The summed E-state index contributed by atoms with van der Waals surface area (Å²) in [5, 5.41) is 3.14. The van der Waals surface area contributed by atoms with Gasteiger partial charge in [-0.2, -0.15) is 9.97 Å². The molecule has 0 amide bonds. The van der Waals surface area contributed by atoms with Crippen molar-refractivity contribution in [1.82, 2.24) is 9.97 Å². The summed E-state index contributed by atoms with van der Waals surface area (Å²) in [4.78, 5) is 8.24. The zero-order valence-corrected chi connectivity index (χ0v) is 7.63. The second-order valence-electron chi connectivity index (χ2n) is 2.72. The number of anilines is 1. The third-order valence-electron chi connectivity index (χ3n) is 1.99. The van der Waals surface area contributed by atoms with Crippen LogP contribution in [0.25, 0.3) is 0 Å². The van der Waals surface area contributed by atoms with Crippen LogP contribution in [0, 0.1) is 0 Å². The molecule has 1 aromatic rings. The van der Waals surface area contributed by atoms with Gasteiger partial charge in [0, 0.05) is 6.54 Å². The van der Waals surface area contributed by atoms with Crippen LogP contribution < -0.4 is 14.8 Å². The molecule has 0 radical (unpaired) electrons. The summed E-state index contributed by atoms with van der Waals surface area (Å²) < 4.78 is 10.1. The summed E-state index contributed by atoms with van der Waals surface area (Å²) >= 11 is 0. The number of nitrogens with zero attached hydrogens (tertiary/aromatic N) is 2. The van der Waals surface area contributed by atoms with Crippen molar-refractivity contribution in [2.45, 2.75) is 6.42 Å². The van der Waals surface area contributed by atoms with Gasteiger partial charge in [0.15, 0.2) is 0 Å². The minimum atomic E-state index is 0.338. The second kappa shape index (κ2) is 3.08. The van der Waals surface area contributed by atoms with Gasteiger partial charge in [-0.1, -0.05) is 0 Å². The molecule has 0 fully saturated rings. The maximum Gasteiger partial charge on any atom is 0.321 e. The number of hydrogen-bond acceptors (Lipinski definition) is 5. The molecule has 0 bridgehead atoms. The van der Waals surface area contributed by atoms with Crippen LogP contribution in [-0.2, 0) is 6.42 Å². The molecule has 2 rings (SSSR count). The van der Waals surface area contributed by atoms with Crippen molar-refractivity contribution >= 4 is 5.82 Å². The molecule has 1 N–H and O–H groups in total. The fourth-order valence-electron chi connectivity index (χ4n) is 1.38. The average molecular weight is 181 g/mol. The van der Waals surface area contributed by atoms with Gasteiger partial charge in [-0.3, -0.25) is 0 Å². The van der Waals surface area contributed by atoms with E-state index >= 15 is 0 Å². The van der Waals surface area contributed by atoms with Crippen molar-refractivity contribution in [3.05, 3.63) is 5.56 Å². The lowest BCUT2D eigenvalue weighted by atomic mass is 10.2. The summed E-state index contributed by atoms with van der Waals surface area (Å²) in [5.41, 5.74) is 1.03. The summed E-state index contributed by atoms with van der Waals surface area (Å²) in [7, 11) is 3.14. The normalized spacial score (nSPS) is 13.4. The second-order valence-corrected chi connectivity index (χ2v) is 2.72. The SMILES string of the molecule is COc1nc2c(c(OC)n1)CCN2. The maximum absolute atomic E-state index is 5.13. The van der Waals surface area contributed by atoms with E-state index in [1.165, 1.54) is 7.11 Å². The first-order valence-electron chi connectivity index (χ1n) is 4.08. The van der Waals surface area contributed by atoms with Gasteiger partial charge >= 0.3 is 6.01 Å². The molecule has 0 spiro atoms. The van der Waals surface area contributed by atoms with Crippen LogP contribution in [0.5, 0.6) is 11.9 Å². The Kier molecular flexibility index (Phi) is 1.92. The zero-order valence-electron chi connectivity index (χ0n) is 7.63. The molecule has 0 saturated carbocycles. The van der Waals surface area contributed by atoms with E-state index in [4.69, 9.17) is 9.47 Å². The van der Waals surface area contributed by atoms with E-state index < -0.39 is 0 Å². The van der Waals surface area contributed by atoms with Crippen LogP contribution in [0.1, 0.15) is 5.56 Å². The molecule has 0 saturated heterocycles. The van der Waals surface area contributed by atoms with Crippen molar-refractivity contribution in [3.63, 3.8) is 0 Å². The third kappa shape index (κ3) is 1.26. The Hall–Kier alpha value is -1.52. The predicted molar refractivity (Wildman–Crippen MR) is 47.3 cm³/mol. The van der Waals surface area contributed by atoms with Crippen LogP contribution >= 0.6 is 0 Å². The molecule has 0 aliphatic carbocycles. The number of aromatic nitrogens is 2. The largest absolute Gasteiger partial charge is 0.481 e. The van der Waals surface area contributed by atoms with E-state index in [0.717, 1.165) is 24.3 Å². The number of methoxy groups -OCH3 is 2. The fraction of sp³-hybridized carbons (Fsp3) is 0.500. The fourth-order valence-corrected chi connectivity index (χ4v) is 1.38. The van der Waals surface area contributed by atoms with Crippen LogP contribution in [0.4, 0.5) is 5.82 Å². The lowest BCUT2D eigenvalue weighted by Crippen LogP contribution is -1.99. The van der Waals surface area contributed by atoms with Gasteiger partial charge in [0.25, 0.3) is 0 Å². The highest BCUT2D eigenvalue weighted by Crippen LogP contribution is 2.29. The topological polar surface area (TPSA) is 56.3 Å². The maximum atomic E-state index is 5.13. The quantitative estimate of drug-likeness (QED) is 0.718. The Labute approximate surface area is 76.1 Å². The lowest BCUT2D eigenvalue weighted by molar-refractivity contribution is 0.351. The van der Waals surface area contributed by atoms with Crippen molar-refractivity contribution in [2.75, 3.05) is 26.1 Å². The molecule has 1 aliphatic heterocycles. The molecule has 2 heterocycles. The Morgan fingerprint density at radius 2 is 2.08 bits per heavy atom. The number of ether oxygens (including phenoxy) is 2. The third-order valence-corrected chi connectivity index (χ3v) is 1.99. The van der Waals surface area contributed by atoms with E-state index in [2.05, 4.69) is 15.3 Å². The van der Waals surface area contributed by atoms with Gasteiger partial charge in [-0.05, 0) is 6.42 Å². The molecular weight excluding hydrogens is 170 g/mol. The summed E-state index contributed by atoms with van der Waals surface area (Å²) in [5.74, 6) is 1.43. The van der Waals surface area contributed by atoms with Gasteiger partial charge in [0.1, 0.15) is 5.82 Å². The van der Waals surface area contributed by atoms with Gasteiger partial charge in [0.2, 0.25) is 5.88 Å². The highest BCUT2D eigenvalue weighted by atomic mass is 16.5. The van der Waals surface area contributed by atoms with E-state index in [1.54, 1.807) is 7.11 Å². The minimum Gasteiger partial charge on any atom is -0.481 e. The van der Waals surface area contributed by atoms with E-state index in [9.17, 15) is 0 Å². The Morgan fingerprint density at radius 1 is 1.23 bits per heavy atom. The summed E-state index contributed by atoms with van der Waals surface area (Å²) in [6, 6.07) is 0.338. The van der Waals surface area contributed by atoms with Gasteiger partial charge in [-0.25, -0.2) is 0 Å². The first-order chi connectivity index (χ1) is 6.35. The molecule has 1 aliphatic rings. The molecule has 0 unspecified atom stereocenters. The Morgan fingerprint density at radius 3 is 2.77 bits per heavy atom. The number of nitrogens with one attached hydrogen (secondary N) is 1. The van der Waals surface area contributed by atoms with Crippen molar-refractivity contribution in [2.24, 2.45) is 0 Å². The first kappa shape index (κ1) is 8.10. The molecule has 0 atom stereocenters. The smallest absolute Gasteiger partial charge is 0.321 e. The minimum absolute atomic E-state index is 0.338. The lowest BCUT2D eigenvalue weighted by Gasteiger charge is -2.06. The molecule has 13 heavy (non-hydrogen) atoms. The van der Waals surface area contributed by atoms with Crippen molar-refractivity contribution in [1.29, 1.82) is 0 Å². The van der Waals surface area contributed by atoms with E-state index in [1.807, 2.05) is 0 Å². The zero-order chi connectivity index (χ0) is 9.26.